The third-order valence-corrected chi connectivity index (χ3v) is 5.91. The third kappa shape index (κ3) is 8.79. The molecular formula is C28H28F4N4O4. The highest BCUT2D eigenvalue weighted by atomic mass is 19.4. The highest BCUT2D eigenvalue weighted by Gasteiger charge is 2.38. The number of aromatic amines is 2. The first-order valence-corrected chi connectivity index (χ1v) is 12.4. The number of nitrogens with one attached hydrogen (secondary N) is 3. The van der Waals surface area contributed by atoms with Gasteiger partial charge in [-0.3, -0.25) is 4.79 Å². The van der Waals surface area contributed by atoms with E-state index in [4.69, 9.17) is 9.90 Å². The summed E-state index contributed by atoms with van der Waals surface area (Å²) in [4.78, 5) is 44.0. The second-order valence-electron chi connectivity index (χ2n) is 9.09. The van der Waals surface area contributed by atoms with E-state index in [1.54, 1.807) is 25.3 Å². The smallest absolute Gasteiger partial charge is 0.475 e. The van der Waals surface area contributed by atoms with Gasteiger partial charge in [0.25, 0.3) is 5.91 Å². The van der Waals surface area contributed by atoms with Crippen LogP contribution < -0.4 is 5.32 Å². The van der Waals surface area contributed by atoms with Gasteiger partial charge in [-0.2, -0.15) is 13.2 Å². The van der Waals surface area contributed by atoms with Crippen LogP contribution >= 0.6 is 0 Å². The number of hydrogen-bond donors (Lipinski definition) is 4. The fourth-order valence-corrected chi connectivity index (χ4v) is 3.92. The summed E-state index contributed by atoms with van der Waals surface area (Å²) in [5, 5.41) is 10.8. The van der Waals surface area contributed by atoms with E-state index in [0.717, 1.165) is 30.5 Å². The fourth-order valence-electron chi connectivity index (χ4n) is 3.92. The van der Waals surface area contributed by atoms with Crippen LogP contribution in [0.1, 0.15) is 61.4 Å². The number of H-pyrrole nitrogens is 2. The van der Waals surface area contributed by atoms with Gasteiger partial charge in [-0.05, 0) is 49.6 Å². The molecule has 12 heteroatoms. The van der Waals surface area contributed by atoms with Gasteiger partial charge in [0, 0.05) is 17.3 Å². The van der Waals surface area contributed by atoms with Crippen molar-refractivity contribution in [1.82, 2.24) is 20.3 Å². The molecule has 8 nitrogen and oxygen atoms in total. The molecule has 4 aromatic rings. The van der Waals surface area contributed by atoms with Crippen LogP contribution in [0.25, 0.3) is 22.2 Å². The molecule has 0 fully saturated rings. The van der Waals surface area contributed by atoms with Crippen LogP contribution in [0.4, 0.5) is 17.6 Å². The number of halogens is 4. The van der Waals surface area contributed by atoms with Crippen LogP contribution in [0.5, 0.6) is 0 Å². The largest absolute Gasteiger partial charge is 0.490 e. The Morgan fingerprint density at radius 3 is 2.35 bits per heavy atom. The number of amides is 1. The number of carboxylic acid groups (broad SMARTS) is 1. The summed E-state index contributed by atoms with van der Waals surface area (Å²) in [7, 11) is 0. The molecule has 0 aliphatic rings. The number of carbonyl (C=O) groups excluding carboxylic acids is 2. The average Bonchev–Trinajstić information content (AvgIpc) is 3.55. The maximum absolute atomic E-state index is 13.5. The first-order valence-electron chi connectivity index (χ1n) is 12.4. The highest BCUT2D eigenvalue weighted by molar-refractivity contribution is 5.98. The van der Waals surface area contributed by atoms with Crippen molar-refractivity contribution in [2.24, 2.45) is 0 Å². The van der Waals surface area contributed by atoms with Crippen LogP contribution in [0.2, 0.25) is 0 Å². The Kier molecular flexibility index (Phi) is 10.2. The Morgan fingerprint density at radius 2 is 1.70 bits per heavy atom. The van der Waals surface area contributed by atoms with Crippen molar-refractivity contribution in [3.05, 3.63) is 78.1 Å². The average molecular weight is 561 g/mol. The second kappa shape index (κ2) is 13.5. The van der Waals surface area contributed by atoms with E-state index in [2.05, 4.69) is 20.3 Å². The van der Waals surface area contributed by atoms with E-state index >= 15 is 0 Å². The molecular weight excluding hydrogens is 532 g/mol. The number of fused-ring (bicyclic) bond motifs is 1. The molecule has 0 aliphatic carbocycles. The number of alkyl halides is 3. The van der Waals surface area contributed by atoms with Crippen molar-refractivity contribution < 1.29 is 37.1 Å². The Labute approximate surface area is 226 Å². The Bertz CT molecular complexity index is 1450. The first-order chi connectivity index (χ1) is 18.9. The number of nitrogens with zero attached hydrogens (tertiary/aromatic N) is 1. The van der Waals surface area contributed by atoms with Gasteiger partial charge in [0.1, 0.15) is 23.1 Å². The van der Waals surface area contributed by atoms with Gasteiger partial charge in [-0.1, -0.05) is 43.2 Å². The molecule has 0 saturated heterocycles. The molecule has 40 heavy (non-hydrogen) atoms. The van der Waals surface area contributed by atoms with E-state index in [9.17, 15) is 27.2 Å². The lowest BCUT2D eigenvalue weighted by Gasteiger charge is -2.16. The molecule has 0 bridgehead atoms. The molecule has 2 aromatic carbocycles. The van der Waals surface area contributed by atoms with E-state index in [1.165, 1.54) is 12.1 Å². The van der Waals surface area contributed by atoms with Crippen molar-refractivity contribution in [2.45, 2.75) is 51.2 Å². The molecule has 212 valence electrons. The number of rotatable bonds is 10. The van der Waals surface area contributed by atoms with Gasteiger partial charge in [0.2, 0.25) is 0 Å². The summed E-state index contributed by atoms with van der Waals surface area (Å²) in [6.45, 7) is 1.60. The lowest BCUT2D eigenvalue weighted by atomic mass is 10.1. The fraction of sp³-hybridized carbons (Fsp3) is 0.286. The predicted molar refractivity (Wildman–Crippen MR) is 140 cm³/mol. The maximum atomic E-state index is 13.5. The van der Waals surface area contributed by atoms with Crippen LogP contribution in [0.3, 0.4) is 0 Å². The van der Waals surface area contributed by atoms with Gasteiger partial charge in [0.05, 0.1) is 17.9 Å². The number of aromatic nitrogens is 3. The summed E-state index contributed by atoms with van der Waals surface area (Å²) in [5.41, 5.74) is 2.96. The molecule has 2 heterocycles. The molecule has 0 aliphatic heterocycles. The number of ketones is 1. The SMILES string of the molecule is CC(=O)CCCCC[C@H](NC(=O)c1cc2cc(F)ccc2[nH]1)c1ncc(-c2ccccc2)[nH]1.O=C(O)C(F)(F)F. The molecule has 4 N–H and O–H groups in total. The molecule has 0 saturated carbocycles. The normalized spacial score (nSPS) is 11.9. The monoisotopic (exact) mass is 560 g/mol. The molecule has 4 rings (SSSR count). The molecule has 0 spiro atoms. The van der Waals surface area contributed by atoms with Gasteiger partial charge in [-0.15, -0.1) is 0 Å². The molecule has 2 aromatic heterocycles. The number of unbranched alkanes of at least 4 members (excludes halogenated alkanes) is 2. The topological polar surface area (TPSA) is 128 Å². The Balaban J connectivity index is 0.000000559. The Morgan fingerprint density at radius 1 is 1.00 bits per heavy atom. The summed E-state index contributed by atoms with van der Waals surface area (Å²) in [5.74, 6) is -2.52. The van der Waals surface area contributed by atoms with Crippen molar-refractivity contribution >= 4 is 28.6 Å². The number of aliphatic carboxylic acids is 1. The summed E-state index contributed by atoms with van der Waals surface area (Å²) in [6.07, 6.45) is 0.505. The van der Waals surface area contributed by atoms with Crippen LogP contribution in [0.15, 0.2) is 60.8 Å². The van der Waals surface area contributed by atoms with Crippen LogP contribution in [0, 0.1) is 5.82 Å². The quantitative estimate of drug-likeness (QED) is 0.133. The molecule has 0 unspecified atom stereocenters. The number of imidazole rings is 1. The van der Waals surface area contributed by atoms with Gasteiger partial charge < -0.3 is 25.2 Å². The predicted octanol–water partition coefficient (Wildman–Crippen LogP) is 6.34. The van der Waals surface area contributed by atoms with Crippen LogP contribution in [-0.4, -0.2) is 43.9 Å². The van der Waals surface area contributed by atoms with E-state index in [0.29, 0.717) is 35.3 Å². The standard InChI is InChI=1S/C26H27FN4O2.C2HF3O2/c1-17(32)8-4-2-7-11-22(25-28-16-24(30-25)18-9-5-3-6-10-18)31-26(33)23-15-19-14-20(27)12-13-21(19)29-23;3-2(4,5)1(6)7/h3,5-6,9-10,12-16,22,29H,2,4,7-8,11H2,1H3,(H,28,30)(H,31,33);(H,6,7)/t22-;/m0./s1. The molecule has 0 radical (unpaired) electrons. The number of Topliss-reactive ketones (excluding diaryl/α,β-unsaturated/α-hetero) is 1. The van der Waals surface area contributed by atoms with Crippen molar-refractivity contribution in [3.63, 3.8) is 0 Å². The minimum atomic E-state index is -5.08. The van der Waals surface area contributed by atoms with Gasteiger partial charge in [-0.25, -0.2) is 14.2 Å². The minimum Gasteiger partial charge on any atom is -0.475 e. The van der Waals surface area contributed by atoms with Crippen molar-refractivity contribution in [3.8, 4) is 11.3 Å². The van der Waals surface area contributed by atoms with Crippen LogP contribution in [-0.2, 0) is 9.59 Å². The zero-order chi connectivity index (χ0) is 29.3. The zero-order valence-corrected chi connectivity index (χ0v) is 21.5. The minimum absolute atomic E-state index is 0.189. The molecule has 1 amide bonds. The van der Waals surface area contributed by atoms with Crippen molar-refractivity contribution in [2.75, 3.05) is 0 Å². The summed E-state index contributed by atoms with van der Waals surface area (Å²) in [6, 6.07) is 15.6. The number of hydrogen-bond acceptors (Lipinski definition) is 4. The number of carboxylic acids is 1. The molecule has 1 atom stereocenters. The van der Waals surface area contributed by atoms with E-state index < -0.39 is 12.1 Å². The van der Waals surface area contributed by atoms with Crippen molar-refractivity contribution in [1.29, 1.82) is 0 Å². The highest BCUT2D eigenvalue weighted by Crippen LogP contribution is 2.24. The lowest BCUT2D eigenvalue weighted by molar-refractivity contribution is -0.192. The van der Waals surface area contributed by atoms with E-state index in [1.807, 2.05) is 30.3 Å². The van der Waals surface area contributed by atoms with E-state index in [-0.39, 0.29) is 23.5 Å². The Hall–Kier alpha value is -4.48. The first kappa shape index (κ1) is 30.1. The maximum Gasteiger partial charge on any atom is 0.490 e. The number of benzene rings is 2. The third-order valence-electron chi connectivity index (χ3n) is 5.91. The zero-order valence-electron chi connectivity index (χ0n) is 21.5. The number of carbonyl (C=O) groups is 3. The summed E-state index contributed by atoms with van der Waals surface area (Å²) < 4.78 is 45.3. The van der Waals surface area contributed by atoms with Gasteiger partial charge >= 0.3 is 12.1 Å². The lowest BCUT2D eigenvalue weighted by Crippen LogP contribution is -2.29. The summed E-state index contributed by atoms with van der Waals surface area (Å²) >= 11 is 0. The van der Waals surface area contributed by atoms with Gasteiger partial charge in [0.15, 0.2) is 0 Å². The second-order valence-corrected chi connectivity index (χ2v) is 9.09.